The highest BCUT2D eigenvalue weighted by molar-refractivity contribution is 6.13. The van der Waals surface area contributed by atoms with E-state index >= 15 is 0 Å². The predicted octanol–water partition coefficient (Wildman–Crippen LogP) is 14.4. The number of hydrogen-bond donors (Lipinski definition) is 0. The number of rotatable bonds is 7. The Morgan fingerprint density at radius 2 is 0.833 bits per heavy atom. The summed E-state index contributed by atoms with van der Waals surface area (Å²) in [5.41, 5.74) is 14.0. The van der Waals surface area contributed by atoms with Crippen LogP contribution in [-0.2, 0) is 0 Å². The molecule has 0 amide bonds. The number of nitrogens with zero attached hydrogens (tertiary/aromatic N) is 2. The first-order valence-corrected chi connectivity index (χ1v) is 18.5. The summed E-state index contributed by atoms with van der Waals surface area (Å²) in [6.07, 6.45) is 0. The molecular weight excluding hydrogens is 653 g/mol. The van der Waals surface area contributed by atoms with Gasteiger partial charge in [0, 0.05) is 39.1 Å². The van der Waals surface area contributed by atoms with E-state index in [1.807, 2.05) is 0 Å². The number of aromatic nitrogens is 1. The van der Waals surface area contributed by atoms with Crippen LogP contribution in [0.3, 0.4) is 0 Å². The minimum Gasteiger partial charge on any atom is -0.310 e. The van der Waals surface area contributed by atoms with Gasteiger partial charge in [0.25, 0.3) is 0 Å². The van der Waals surface area contributed by atoms with Crippen molar-refractivity contribution in [2.45, 2.75) is 0 Å². The van der Waals surface area contributed by atoms with E-state index in [9.17, 15) is 0 Å². The van der Waals surface area contributed by atoms with E-state index in [0.717, 1.165) is 22.7 Å². The average molecular weight is 689 g/mol. The summed E-state index contributed by atoms with van der Waals surface area (Å²) in [6, 6.07) is 78.8. The number of hydrogen-bond acceptors (Lipinski definition) is 1. The van der Waals surface area contributed by atoms with Gasteiger partial charge in [-0.3, -0.25) is 0 Å². The van der Waals surface area contributed by atoms with E-state index in [-0.39, 0.29) is 0 Å². The molecule has 254 valence electrons. The van der Waals surface area contributed by atoms with Crippen LogP contribution >= 0.6 is 0 Å². The van der Waals surface area contributed by atoms with Gasteiger partial charge >= 0.3 is 0 Å². The van der Waals surface area contributed by atoms with Gasteiger partial charge in [-0.1, -0.05) is 170 Å². The van der Waals surface area contributed by atoms with Crippen molar-refractivity contribution in [1.29, 1.82) is 0 Å². The van der Waals surface area contributed by atoms with Crippen molar-refractivity contribution in [1.82, 2.24) is 4.57 Å². The number of para-hydroxylation sites is 2. The minimum atomic E-state index is 1.08. The van der Waals surface area contributed by atoms with Crippen molar-refractivity contribution in [3.8, 4) is 39.1 Å². The van der Waals surface area contributed by atoms with E-state index in [2.05, 4.69) is 228 Å². The summed E-state index contributed by atoms with van der Waals surface area (Å²) in [5, 5.41) is 4.99. The Morgan fingerprint density at radius 3 is 1.59 bits per heavy atom. The number of anilines is 3. The average Bonchev–Trinajstić information content (AvgIpc) is 3.60. The molecule has 1 aromatic heterocycles. The van der Waals surface area contributed by atoms with Crippen molar-refractivity contribution in [2.24, 2.45) is 0 Å². The van der Waals surface area contributed by atoms with E-state index in [1.165, 1.54) is 66.0 Å². The molecule has 0 N–H and O–H groups in total. The van der Waals surface area contributed by atoms with Gasteiger partial charge in [0.2, 0.25) is 0 Å². The molecule has 0 unspecified atom stereocenters. The monoisotopic (exact) mass is 688 g/mol. The first-order chi connectivity index (χ1) is 26.8. The second-order valence-corrected chi connectivity index (χ2v) is 13.8. The number of benzene rings is 9. The van der Waals surface area contributed by atoms with Gasteiger partial charge < -0.3 is 9.47 Å². The molecule has 10 rings (SSSR count). The first-order valence-electron chi connectivity index (χ1n) is 18.5. The molecule has 0 aliphatic rings. The van der Waals surface area contributed by atoms with Crippen LogP contribution < -0.4 is 4.90 Å². The lowest BCUT2D eigenvalue weighted by atomic mass is 9.98. The molecule has 0 bridgehead atoms. The molecule has 0 aliphatic heterocycles. The smallest absolute Gasteiger partial charge is 0.0619 e. The second kappa shape index (κ2) is 13.4. The van der Waals surface area contributed by atoms with E-state index in [4.69, 9.17) is 0 Å². The lowest BCUT2D eigenvalue weighted by molar-refractivity contribution is 1.17. The predicted molar refractivity (Wildman–Crippen MR) is 229 cm³/mol. The molecule has 0 aliphatic carbocycles. The molecule has 2 heteroatoms. The Bertz CT molecular complexity index is 2900. The van der Waals surface area contributed by atoms with Crippen LogP contribution in [0.1, 0.15) is 0 Å². The fourth-order valence-electron chi connectivity index (χ4n) is 8.06. The van der Waals surface area contributed by atoms with E-state index in [0.29, 0.717) is 0 Å². The fraction of sp³-hybridized carbons (Fsp3) is 0. The Hall–Kier alpha value is -7.16. The van der Waals surface area contributed by atoms with Gasteiger partial charge in [0.15, 0.2) is 0 Å². The molecule has 0 radical (unpaired) electrons. The summed E-state index contributed by atoms with van der Waals surface area (Å²) in [6.45, 7) is 0. The molecule has 2 nitrogen and oxygen atoms in total. The van der Waals surface area contributed by atoms with Crippen molar-refractivity contribution in [2.75, 3.05) is 4.90 Å². The van der Waals surface area contributed by atoms with Crippen LogP contribution in [0.25, 0.3) is 71.6 Å². The molecule has 0 spiro atoms. The summed E-state index contributed by atoms with van der Waals surface area (Å²) >= 11 is 0. The maximum absolute atomic E-state index is 2.44. The zero-order valence-corrected chi connectivity index (χ0v) is 29.7. The highest BCUT2D eigenvalue weighted by atomic mass is 15.1. The highest BCUT2D eigenvalue weighted by Crippen LogP contribution is 2.41. The normalized spacial score (nSPS) is 11.3. The maximum Gasteiger partial charge on any atom is 0.0619 e. The topological polar surface area (TPSA) is 8.17 Å². The van der Waals surface area contributed by atoms with Gasteiger partial charge in [-0.2, -0.15) is 0 Å². The molecule has 1 heterocycles. The van der Waals surface area contributed by atoms with Gasteiger partial charge in [0.05, 0.1) is 11.0 Å². The zero-order valence-electron chi connectivity index (χ0n) is 29.7. The molecule has 0 atom stereocenters. The SMILES string of the molecule is c1ccc(-c2ccc(N(c3ccc(-c4cccc5ccccc45)cc3)c3cccc(-n4c5ccccc5c5cccc(-c6ccccc6)c54)c3)cc2)cc1. The molecule has 54 heavy (non-hydrogen) atoms. The Labute approximate surface area is 315 Å². The van der Waals surface area contributed by atoms with Gasteiger partial charge in [-0.15, -0.1) is 0 Å². The van der Waals surface area contributed by atoms with Crippen molar-refractivity contribution < 1.29 is 0 Å². The molecule has 10 aromatic rings. The third-order valence-corrected chi connectivity index (χ3v) is 10.6. The second-order valence-electron chi connectivity index (χ2n) is 13.8. The Balaban J connectivity index is 1.14. The first kappa shape index (κ1) is 31.6. The van der Waals surface area contributed by atoms with Crippen LogP contribution in [0.5, 0.6) is 0 Å². The largest absolute Gasteiger partial charge is 0.310 e. The quantitative estimate of drug-likeness (QED) is 0.162. The fourth-order valence-corrected chi connectivity index (χ4v) is 8.06. The van der Waals surface area contributed by atoms with E-state index < -0.39 is 0 Å². The van der Waals surface area contributed by atoms with Gasteiger partial charge in [-0.25, -0.2) is 0 Å². The molecule has 0 saturated carbocycles. The standard InChI is InChI=1S/C52H36N2/c1-3-14-37(15-4-1)38-28-32-42(33-29-38)53(43-34-30-41(31-35-43)47-24-11-19-39-18-7-8-22-46(39)47)44-20-12-21-45(36-44)54-51-27-10-9-23-49(51)50-26-13-25-48(52(50)54)40-16-5-2-6-17-40/h1-36H. The number of fused-ring (bicyclic) bond motifs is 4. The minimum absolute atomic E-state index is 1.08. The van der Waals surface area contributed by atoms with E-state index in [1.54, 1.807) is 0 Å². The van der Waals surface area contributed by atoms with Crippen LogP contribution in [0.15, 0.2) is 218 Å². The van der Waals surface area contributed by atoms with Crippen molar-refractivity contribution >= 4 is 49.6 Å². The summed E-state index contributed by atoms with van der Waals surface area (Å²) in [7, 11) is 0. The van der Waals surface area contributed by atoms with Crippen molar-refractivity contribution in [3.05, 3.63) is 218 Å². The lowest BCUT2D eigenvalue weighted by Gasteiger charge is -2.27. The molecular formula is C52H36N2. The van der Waals surface area contributed by atoms with Crippen LogP contribution in [0.2, 0.25) is 0 Å². The van der Waals surface area contributed by atoms with Crippen LogP contribution in [0, 0.1) is 0 Å². The van der Waals surface area contributed by atoms with Gasteiger partial charge in [-0.05, 0) is 87.1 Å². The summed E-state index contributed by atoms with van der Waals surface area (Å²) in [5.74, 6) is 0. The summed E-state index contributed by atoms with van der Waals surface area (Å²) in [4.78, 5) is 2.37. The molecule has 0 fully saturated rings. The third kappa shape index (κ3) is 5.53. The molecule has 9 aromatic carbocycles. The van der Waals surface area contributed by atoms with Gasteiger partial charge in [0.1, 0.15) is 0 Å². The Kier molecular flexibility index (Phi) is 7.85. The van der Waals surface area contributed by atoms with Crippen LogP contribution in [-0.4, -0.2) is 4.57 Å². The van der Waals surface area contributed by atoms with Crippen molar-refractivity contribution in [3.63, 3.8) is 0 Å². The molecule has 0 saturated heterocycles. The summed E-state index contributed by atoms with van der Waals surface area (Å²) < 4.78 is 2.44. The Morgan fingerprint density at radius 1 is 0.315 bits per heavy atom. The third-order valence-electron chi connectivity index (χ3n) is 10.6. The van der Waals surface area contributed by atoms with Crippen LogP contribution in [0.4, 0.5) is 17.1 Å². The zero-order chi connectivity index (χ0) is 35.8. The lowest BCUT2D eigenvalue weighted by Crippen LogP contribution is -2.10. The maximum atomic E-state index is 2.44. The highest BCUT2D eigenvalue weighted by Gasteiger charge is 2.19.